The Bertz CT molecular complexity index is 654. The molecule has 1 aromatic carbocycles. The number of likely N-dealkylation sites (tertiary alicyclic amines) is 1. The van der Waals surface area contributed by atoms with E-state index < -0.39 is 17.3 Å². The highest BCUT2D eigenvalue weighted by Gasteiger charge is 2.47. The van der Waals surface area contributed by atoms with Crippen LogP contribution in [0, 0.1) is 0 Å². The summed E-state index contributed by atoms with van der Waals surface area (Å²) < 4.78 is 17.2. The fraction of sp³-hybridized carbons (Fsp3) is 0.632. The number of nitrogens with zero attached hydrogens (tertiary/aromatic N) is 1. The fourth-order valence-corrected chi connectivity index (χ4v) is 3.45. The van der Waals surface area contributed by atoms with Crippen LogP contribution < -0.4 is 9.47 Å². The molecule has 0 unspecified atom stereocenters. The number of hydrogen-bond acceptors (Lipinski definition) is 5. The summed E-state index contributed by atoms with van der Waals surface area (Å²) >= 11 is 0. The molecule has 6 nitrogen and oxygen atoms in total. The Morgan fingerprint density at radius 3 is 2.88 bits per heavy atom. The zero-order chi connectivity index (χ0) is 18.2. The van der Waals surface area contributed by atoms with Gasteiger partial charge < -0.3 is 24.2 Å². The first-order chi connectivity index (χ1) is 11.7. The van der Waals surface area contributed by atoms with Crippen LogP contribution in [0.15, 0.2) is 18.2 Å². The number of fused-ring (bicyclic) bond motifs is 1. The lowest BCUT2D eigenvalue weighted by Gasteiger charge is -2.38. The zero-order valence-corrected chi connectivity index (χ0v) is 15.4. The van der Waals surface area contributed by atoms with Crippen LogP contribution in [0.2, 0.25) is 0 Å². The highest BCUT2D eigenvalue weighted by atomic mass is 16.6. The average molecular weight is 349 g/mol. The third-order valence-corrected chi connectivity index (χ3v) is 4.51. The summed E-state index contributed by atoms with van der Waals surface area (Å²) in [7, 11) is 0. The van der Waals surface area contributed by atoms with Crippen molar-refractivity contribution in [2.24, 2.45) is 0 Å². The number of carbonyl (C=O) groups is 1. The molecule has 25 heavy (non-hydrogen) atoms. The molecule has 2 heterocycles. The Kier molecular flexibility index (Phi) is 4.58. The number of hydrogen-bond donors (Lipinski definition) is 1. The molecule has 2 atom stereocenters. The molecule has 138 valence electrons. The van der Waals surface area contributed by atoms with Crippen molar-refractivity contribution >= 4 is 6.09 Å². The molecule has 1 saturated heterocycles. The number of aliphatic hydroxyl groups is 1. The SMILES string of the molecule is CCOc1ccc2c(c1)O[C@@]1(CCN(C(=O)OC(C)(C)C)C1)C[C@@H]2O. The van der Waals surface area contributed by atoms with Crippen molar-refractivity contribution < 1.29 is 24.1 Å². The van der Waals surface area contributed by atoms with Crippen LogP contribution in [0.25, 0.3) is 0 Å². The highest BCUT2D eigenvalue weighted by Crippen LogP contribution is 2.45. The van der Waals surface area contributed by atoms with Crippen LogP contribution in [0.4, 0.5) is 4.79 Å². The second-order valence-corrected chi connectivity index (χ2v) is 7.79. The Morgan fingerprint density at radius 2 is 2.20 bits per heavy atom. The largest absolute Gasteiger partial charge is 0.494 e. The molecule has 0 aromatic heterocycles. The van der Waals surface area contributed by atoms with E-state index in [2.05, 4.69) is 0 Å². The molecule has 0 radical (unpaired) electrons. The predicted octanol–water partition coefficient (Wildman–Crippen LogP) is 3.28. The first-order valence-electron chi connectivity index (χ1n) is 8.83. The van der Waals surface area contributed by atoms with Gasteiger partial charge >= 0.3 is 6.09 Å². The quantitative estimate of drug-likeness (QED) is 0.887. The van der Waals surface area contributed by atoms with E-state index in [9.17, 15) is 9.90 Å². The summed E-state index contributed by atoms with van der Waals surface area (Å²) in [6.45, 7) is 9.01. The molecule has 0 saturated carbocycles. The molecule has 3 rings (SSSR count). The van der Waals surface area contributed by atoms with Gasteiger partial charge in [-0.3, -0.25) is 0 Å². The molecular formula is C19H27NO5. The molecule has 1 amide bonds. The van der Waals surface area contributed by atoms with E-state index in [1.807, 2.05) is 45.9 Å². The highest BCUT2D eigenvalue weighted by molar-refractivity contribution is 5.68. The minimum atomic E-state index is -0.613. The number of rotatable bonds is 2. The van der Waals surface area contributed by atoms with E-state index in [1.54, 1.807) is 4.90 Å². The summed E-state index contributed by atoms with van der Waals surface area (Å²) in [6.07, 6.45) is 0.184. The monoisotopic (exact) mass is 349 g/mol. The molecule has 2 aliphatic heterocycles. The number of carbonyl (C=O) groups excluding carboxylic acids is 1. The maximum Gasteiger partial charge on any atom is 0.410 e. The van der Waals surface area contributed by atoms with E-state index in [-0.39, 0.29) is 6.09 Å². The van der Waals surface area contributed by atoms with Crippen LogP contribution in [0.3, 0.4) is 0 Å². The van der Waals surface area contributed by atoms with Gasteiger partial charge in [0.05, 0.1) is 19.3 Å². The maximum absolute atomic E-state index is 12.3. The molecular weight excluding hydrogens is 322 g/mol. The minimum absolute atomic E-state index is 0.337. The third kappa shape index (κ3) is 3.84. The molecule has 1 aromatic rings. The molecule has 2 aliphatic rings. The van der Waals surface area contributed by atoms with Crippen LogP contribution in [-0.4, -0.2) is 47.0 Å². The lowest BCUT2D eigenvalue weighted by molar-refractivity contribution is -0.0133. The van der Waals surface area contributed by atoms with E-state index in [0.29, 0.717) is 44.0 Å². The molecule has 1 spiro atoms. The zero-order valence-electron chi connectivity index (χ0n) is 15.4. The van der Waals surface area contributed by atoms with Crippen molar-refractivity contribution in [3.8, 4) is 11.5 Å². The van der Waals surface area contributed by atoms with Gasteiger partial charge in [0.15, 0.2) is 0 Å². The second kappa shape index (κ2) is 6.41. The standard InChI is InChI=1S/C19H27NO5/c1-5-23-13-6-7-14-15(21)11-19(24-16(14)10-13)8-9-20(12-19)17(22)25-18(2,3)4/h6-7,10,15,21H,5,8-9,11-12H2,1-4H3/t15-,19-/m0/s1. The smallest absolute Gasteiger partial charge is 0.410 e. The summed E-state index contributed by atoms with van der Waals surface area (Å²) in [4.78, 5) is 14.0. The lowest BCUT2D eigenvalue weighted by atomic mass is 9.88. The number of ether oxygens (including phenoxy) is 3. The van der Waals surface area contributed by atoms with Gasteiger partial charge in [0.25, 0.3) is 0 Å². The molecule has 0 aliphatic carbocycles. The normalized spacial score (nSPS) is 25.5. The van der Waals surface area contributed by atoms with Crippen LogP contribution >= 0.6 is 0 Å². The van der Waals surface area contributed by atoms with Crippen molar-refractivity contribution in [2.75, 3.05) is 19.7 Å². The molecule has 1 fully saturated rings. The Morgan fingerprint density at radius 1 is 1.44 bits per heavy atom. The number of aliphatic hydroxyl groups excluding tert-OH is 1. The fourth-order valence-electron chi connectivity index (χ4n) is 3.45. The van der Waals surface area contributed by atoms with Gasteiger partial charge in [-0.05, 0) is 39.8 Å². The van der Waals surface area contributed by atoms with Crippen LogP contribution in [0.1, 0.15) is 52.2 Å². The summed E-state index contributed by atoms with van der Waals surface area (Å²) in [5, 5.41) is 10.6. The van der Waals surface area contributed by atoms with E-state index in [0.717, 1.165) is 5.56 Å². The van der Waals surface area contributed by atoms with Crippen molar-refractivity contribution in [1.82, 2.24) is 4.90 Å². The molecule has 1 N–H and O–H groups in total. The number of benzene rings is 1. The van der Waals surface area contributed by atoms with Crippen LogP contribution in [-0.2, 0) is 4.74 Å². The Labute approximate surface area is 148 Å². The topological polar surface area (TPSA) is 68.2 Å². The third-order valence-electron chi connectivity index (χ3n) is 4.51. The lowest BCUT2D eigenvalue weighted by Crippen LogP contribution is -2.45. The van der Waals surface area contributed by atoms with Gasteiger partial charge in [-0.2, -0.15) is 0 Å². The predicted molar refractivity (Wildman–Crippen MR) is 93.0 cm³/mol. The summed E-state index contributed by atoms with van der Waals surface area (Å²) in [5.41, 5.74) is -0.336. The van der Waals surface area contributed by atoms with Crippen molar-refractivity contribution in [3.05, 3.63) is 23.8 Å². The first-order valence-corrected chi connectivity index (χ1v) is 8.83. The molecule has 6 heteroatoms. The van der Waals surface area contributed by atoms with E-state index >= 15 is 0 Å². The number of amides is 1. The van der Waals surface area contributed by atoms with Gasteiger partial charge in [0.1, 0.15) is 22.7 Å². The van der Waals surface area contributed by atoms with Gasteiger partial charge in [0.2, 0.25) is 0 Å². The van der Waals surface area contributed by atoms with Gasteiger partial charge in [-0.15, -0.1) is 0 Å². The van der Waals surface area contributed by atoms with E-state index in [1.165, 1.54) is 0 Å². The van der Waals surface area contributed by atoms with Gasteiger partial charge in [0, 0.05) is 31.0 Å². The van der Waals surface area contributed by atoms with Crippen molar-refractivity contribution in [2.45, 2.75) is 57.8 Å². The van der Waals surface area contributed by atoms with Crippen molar-refractivity contribution in [1.29, 1.82) is 0 Å². The average Bonchev–Trinajstić information content (AvgIpc) is 2.89. The van der Waals surface area contributed by atoms with Gasteiger partial charge in [-0.1, -0.05) is 0 Å². The summed E-state index contributed by atoms with van der Waals surface area (Å²) in [5.74, 6) is 1.35. The first kappa shape index (κ1) is 17.9. The minimum Gasteiger partial charge on any atom is -0.494 e. The second-order valence-electron chi connectivity index (χ2n) is 7.79. The van der Waals surface area contributed by atoms with E-state index in [4.69, 9.17) is 14.2 Å². The maximum atomic E-state index is 12.3. The molecule has 0 bridgehead atoms. The summed E-state index contributed by atoms with van der Waals surface area (Å²) in [6, 6.07) is 5.51. The van der Waals surface area contributed by atoms with Gasteiger partial charge in [-0.25, -0.2) is 4.79 Å². The van der Waals surface area contributed by atoms with Crippen LogP contribution in [0.5, 0.6) is 11.5 Å². The Balaban J connectivity index is 1.76. The van der Waals surface area contributed by atoms with Crippen molar-refractivity contribution in [3.63, 3.8) is 0 Å². The Hall–Kier alpha value is -1.95.